The van der Waals surface area contributed by atoms with E-state index in [9.17, 15) is 4.79 Å². The smallest absolute Gasteiger partial charge is 0.348 e. The van der Waals surface area contributed by atoms with Crippen molar-refractivity contribution in [2.45, 2.75) is 0 Å². The summed E-state index contributed by atoms with van der Waals surface area (Å²) >= 11 is 6.89. The fourth-order valence-corrected chi connectivity index (χ4v) is 1.84. The van der Waals surface area contributed by atoms with E-state index in [1.54, 1.807) is 0 Å². The van der Waals surface area contributed by atoms with E-state index in [0.29, 0.717) is 15.0 Å². The number of thiophene rings is 1. The second-order valence-corrected chi connectivity index (χ2v) is 3.36. The Hall–Kier alpha value is -0.740. The highest BCUT2D eigenvalue weighted by Gasteiger charge is 2.13. The van der Waals surface area contributed by atoms with Crippen LogP contribution in [0, 0.1) is 0 Å². The van der Waals surface area contributed by atoms with E-state index in [1.165, 1.54) is 20.3 Å². The zero-order valence-corrected chi connectivity index (χ0v) is 8.16. The number of esters is 1. The van der Waals surface area contributed by atoms with E-state index in [1.807, 2.05) is 0 Å². The summed E-state index contributed by atoms with van der Waals surface area (Å²) in [6, 6.07) is 1.52. The van der Waals surface area contributed by atoms with Crippen LogP contribution in [-0.4, -0.2) is 20.2 Å². The van der Waals surface area contributed by atoms with Crippen LogP contribution in [0.25, 0.3) is 0 Å². The molecule has 12 heavy (non-hydrogen) atoms. The molecule has 0 fully saturated rings. The minimum absolute atomic E-state index is 0.398. The van der Waals surface area contributed by atoms with Gasteiger partial charge in [-0.05, 0) is 6.07 Å². The standard InChI is InChI=1S/C7H7ClO3S/c1-10-6(9)5-3-4(8)7(11-2)12-5/h3H,1-2H3. The molecular weight excluding hydrogens is 200 g/mol. The fraction of sp³-hybridized carbons (Fsp3) is 0.286. The van der Waals surface area contributed by atoms with Crippen molar-refractivity contribution in [3.05, 3.63) is 16.0 Å². The number of ether oxygens (including phenoxy) is 2. The third kappa shape index (κ3) is 1.70. The lowest BCUT2D eigenvalue weighted by atomic mass is 10.5. The lowest BCUT2D eigenvalue weighted by molar-refractivity contribution is 0.0606. The maximum atomic E-state index is 11.0. The average molecular weight is 207 g/mol. The van der Waals surface area contributed by atoms with Crippen LogP contribution in [0.2, 0.25) is 5.02 Å². The number of carbonyl (C=O) groups excluding carboxylic acids is 1. The average Bonchev–Trinajstić information content (AvgIpc) is 2.45. The van der Waals surface area contributed by atoms with Gasteiger partial charge in [0.2, 0.25) is 0 Å². The lowest BCUT2D eigenvalue weighted by Gasteiger charge is -1.92. The maximum absolute atomic E-state index is 11.0. The van der Waals surface area contributed by atoms with Crippen molar-refractivity contribution in [2.24, 2.45) is 0 Å². The lowest BCUT2D eigenvalue weighted by Crippen LogP contribution is -1.96. The second-order valence-electron chi connectivity index (χ2n) is 1.94. The summed E-state index contributed by atoms with van der Waals surface area (Å²) in [5.41, 5.74) is 0. The zero-order chi connectivity index (χ0) is 9.14. The first-order chi connectivity index (χ1) is 5.69. The van der Waals surface area contributed by atoms with Crippen LogP contribution in [0.1, 0.15) is 9.67 Å². The van der Waals surface area contributed by atoms with E-state index in [2.05, 4.69) is 4.74 Å². The summed E-state index contributed by atoms with van der Waals surface area (Å²) in [5.74, 6) is -0.398. The number of hydrogen-bond acceptors (Lipinski definition) is 4. The predicted octanol–water partition coefficient (Wildman–Crippen LogP) is 2.20. The molecule has 0 aromatic carbocycles. The van der Waals surface area contributed by atoms with Gasteiger partial charge in [-0.3, -0.25) is 0 Å². The minimum Gasteiger partial charge on any atom is -0.486 e. The molecule has 1 rings (SSSR count). The van der Waals surface area contributed by atoms with Crippen molar-refractivity contribution in [3.63, 3.8) is 0 Å². The first-order valence-electron chi connectivity index (χ1n) is 3.10. The van der Waals surface area contributed by atoms with Gasteiger partial charge >= 0.3 is 5.97 Å². The van der Waals surface area contributed by atoms with Crippen molar-refractivity contribution in [1.82, 2.24) is 0 Å². The monoisotopic (exact) mass is 206 g/mol. The number of halogens is 1. The summed E-state index contributed by atoms with van der Waals surface area (Å²) in [6.07, 6.45) is 0. The van der Waals surface area contributed by atoms with Crippen LogP contribution < -0.4 is 4.74 Å². The van der Waals surface area contributed by atoms with Crippen molar-refractivity contribution in [1.29, 1.82) is 0 Å². The predicted molar refractivity (Wildman–Crippen MR) is 47.2 cm³/mol. The molecule has 0 aliphatic rings. The molecule has 0 atom stereocenters. The number of carbonyl (C=O) groups is 1. The molecule has 0 aliphatic heterocycles. The Bertz CT molecular complexity index is 295. The largest absolute Gasteiger partial charge is 0.486 e. The van der Waals surface area contributed by atoms with Gasteiger partial charge in [-0.1, -0.05) is 22.9 Å². The van der Waals surface area contributed by atoms with E-state index >= 15 is 0 Å². The van der Waals surface area contributed by atoms with Crippen LogP contribution in [0.3, 0.4) is 0 Å². The summed E-state index contributed by atoms with van der Waals surface area (Å²) in [5, 5.41) is 0.958. The van der Waals surface area contributed by atoms with Gasteiger partial charge in [0.05, 0.1) is 19.2 Å². The first kappa shape index (κ1) is 9.35. The summed E-state index contributed by atoms with van der Waals surface area (Å²) in [4.78, 5) is 11.4. The molecule has 66 valence electrons. The molecule has 1 aromatic rings. The SMILES string of the molecule is COC(=O)c1cc(Cl)c(OC)s1. The zero-order valence-electron chi connectivity index (χ0n) is 6.59. The van der Waals surface area contributed by atoms with Gasteiger partial charge in [0.1, 0.15) is 4.88 Å². The molecule has 0 saturated heterocycles. The van der Waals surface area contributed by atoms with E-state index in [4.69, 9.17) is 16.3 Å². The second kappa shape index (κ2) is 3.78. The van der Waals surface area contributed by atoms with Gasteiger partial charge in [-0.2, -0.15) is 0 Å². The third-order valence-corrected chi connectivity index (χ3v) is 2.70. The number of rotatable bonds is 2. The Morgan fingerprint density at radius 2 is 2.25 bits per heavy atom. The van der Waals surface area contributed by atoms with Crippen LogP contribution in [0.5, 0.6) is 5.06 Å². The van der Waals surface area contributed by atoms with E-state index in [-0.39, 0.29) is 0 Å². The van der Waals surface area contributed by atoms with Crippen LogP contribution in [0.4, 0.5) is 0 Å². The Kier molecular flexibility index (Phi) is 2.94. The highest BCUT2D eigenvalue weighted by molar-refractivity contribution is 7.16. The summed E-state index contributed by atoms with van der Waals surface area (Å²) in [7, 11) is 2.82. The van der Waals surface area contributed by atoms with E-state index < -0.39 is 5.97 Å². The van der Waals surface area contributed by atoms with Gasteiger partial charge in [0, 0.05) is 0 Å². The Labute approximate surface area is 78.9 Å². The molecule has 1 aromatic heterocycles. The molecule has 0 amide bonds. The van der Waals surface area contributed by atoms with Gasteiger partial charge in [-0.15, -0.1) is 0 Å². The molecule has 3 nitrogen and oxygen atoms in total. The normalized spacial score (nSPS) is 9.58. The first-order valence-corrected chi connectivity index (χ1v) is 4.30. The molecule has 0 N–H and O–H groups in total. The van der Waals surface area contributed by atoms with Crippen LogP contribution in [0.15, 0.2) is 6.07 Å². The van der Waals surface area contributed by atoms with Crippen molar-refractivity contribution in [3.8, 4) is 5.06 Å². The Morgan fingerprint density at radius 3 is 2.67 bits per heavy atom. The molecule has 1 heterocycles. The molecule has 5 heteroatoms. The summed E-state index contributed by atoms with van der Waals surface area (Å²) in [6.45, 7) is 0. The molecule has 0 radical (unpaired) electrons. The molecular formula is C7H7ClO3S. The van der Waals surface area contributed by atoms with Crippen LogP contribution >= 0.6 is 22.9 Å². The van der Waals surface area contributed by atoms with Crippen molar-refractivity contribution < 1.29 is 14.3 Å². The number of methoxy groups -OCH3 is 2. The molecule has 0 bridgehead atoms. The topological polar surface area (TPSA) is 35.5 Å². The van der Waals surface area contributed by atoms with Crippen molar-refractivity contribution in [2.75, 3.05) is 14.2 Å². The van der Waals surface area contributed by atoms with Gasteiger partial charge < -0.3 is 9.47 Å². The Morgan fingerprint density at radius 1 is 1.58 bits per heavy atom. The number of hydrogen-bond donors (Lipinski definition) is 0. The molecule has 0 unspecified atom stereocenters. The quantitative estimate of drug-likeness (QED) is 0.696. The van der Waals surface area contributed by atoms with E-state index in [0.717, 1.165) is 11.3 Å². The minimum atomic E-state index is -0.398. The fourth-order valence-electron chi connectivity index (χ4n) is 0.692. The highest BCUT2D eigenvalue weighted by atomic mass is 35.5. The molecule has 0 saturated carbocycles. The van der Waals surface area contributed by atoms with Gasteiger partial charge in [-0.25, -0.2) is 4.79 Å². The van der Waals surface area contributed by atoms with Crippen molar-refractivity contribution >= 4 is 28.9 Å². The van der Waals surface area contributed by atoms with Gasteiger partial charge in [0.15, 0.2) is 5.06 Å². The molecule has 0 spiro atoms. The highest BCUT2D eigenvalue weighted by Crippen LogP contribution is 2.34. The Balaban J connectivity index is 2.96. The van der Waals surface area contributed by atoms with Crippen LogP contribution in [-0.2, 0) is 4.74 Å². The summed E-state index contributed by atoms with van der Waals surface area (Å²) < 4.78 is 9.41. The third-order valence-electron chi connectivity index (χ3n) is 1.23. The maximum Gasteiger partial charge on any atom is 0.348 e. The molecule has 0 aliphatic carbocycles. The van der Waals surface area contributed by atoms with Gasteiger partial charge in [0.25, 0.3) is 0 Å².